The highest BCUT2D eigenvalue weighted by atomic mass is 79.9. The third-order valence-electron chi connectivity index (χ3n) is 4.30. The van der Waals surface area contributed by atoms with E-state index in [0.717, 1.165) is 0 Å². The molecule has 0 fully saturated rings. The fourth-order valence-corrected chi connectivity index (χ4v) is 3.73. The zero-order valence-corrected chi connectivity index (χ0v) is 16.8. The number of benzene rings is 2. The van der Waals surface area contributed by atoms with Gasteiger partial charge in [0.25, 0.3) is 5.91 Å². The van der Waals surface area contributed by atoms with Crippen molar-refractivity contribution in [2.75, 3.05) is 10.2 Å². The number of nitrogens with one attached hydrogen (secondary N) is 1. The Morgan fingerprint density at radius 2 is 1.93 bits per heavy atom. The van der Waals surface area contributed by atoms with Gasteiger partial charge in [0.15, 0.2) is 0 Å². The third kappa shape index (κ3) is 3.76. The Kier molecular flexibility index (Phi) is 5.36. The smallest absolute Gasteiger partial charge is 0.252 e. The van der Waals surface area contributed by atoms with Crippen molar-refractivity contribution in [2.45, 2.75) is 29.1 Å². The van der Waals surface area contributed by atoms with E-state index < -0.39 is 26.8 Å². The molecule has 2 aromatic rings. The number of rotatable bonds is 4. The topological polar surface area (TPSA) is 110 Å². The molecule has 27 heavy (non-hydrogen) atoms. The van der Waals surface area contributed by atoms with E-state index in [4.69, 9.17) is 5.14 Å². The molecule has 2 atom stereocenters. The first-order valence-corrected chi connectivity index (χ1v) is 10.7. The van der Waals surface area contributed by atoms with Gasteiger partial charge < -0.3 is 5.32 Å². The largest absolute Gasteiger partial charge is 0.322 e. The monoisotopic (exact) mass is 451 g/mol. The van der Waals surface area contributed by atoms with Crippen molar-refractivity contribution >= 4 is 49.1 Å². The predicted molar refractivity (Wildman–Crippen MR) is 106 cm³/mol. The van der Waals surface area contributed by atoms with Crippen LogP contribution in [0.5, 0.6) is 0 Å². The van der Waals surface area contributed by atoms with E-state index in [1.165, 1.54) is 23.1 Å². The van der Waals surface area contributed by atoms with Crippen LogP contribution in [0.2, 0.25) is 0 Å². The molecule has 1 aliphatic heterocycles. The molecule has 0 radical (unpaired) electrons. The van der Waals surface area contributed by atoms with Gasteiger partial charge in [0.1, 0.15) is 6.04 Å². The molecule has 0 aromatic heterocycles. The summed E-state index contributed by atoms with van der Waals surface area (Å²) in [4.78, 5) is 26.7. The maximum atomic E-state index is 13.1. The van der Waals surface area contributed by atoms with Crippen molar-refractivity contribution in [3.63, 3.8) is 0 Å². The molecule has 0 aliphatic carbocycles. The van der Waals surface area contributed by atoms with Gasteiger partial charge in [0.05, 0.1) is 21.1 Å². The molecule has 3 rings (SSSR count). The second-order valence-electron chi connectivity index (χ2n) is 6.11. The maximum absolute atomic E-state index is 13.1. The zero-order chi connectivity index (χ0) is 19.8. The van der Waals surface area contributed by atoms with Gasteiger partial charge in [-0.15, -0.1) is 0 Å². The summed E-state index contributed by atoms with van der Waals surface area (Å²) >= 11 is 3.36. The molecule has 0 saturated heterocycles. The lowest BCUT2D eigenvalue weighted by atomic mass is 9.99. The number of alkyl halides is 1. The SMILES string of the molecule is CCC(Br)C(=O)N1c2ccc(S(N)(=O)=O)cc2NC(=O)C1c1ccccc1. The van der Waals surface area contributed by atoms with Crippen molar-refractivity contribution in [1.29, 1.82) is 0 Å². The molecule has 2 unspecified atom stereocenters. The quantitative estimate of drug-likeness (QED) is 0.695. The van der Waals surface area contributed by atoms with Crippen LogP contribution < -0.4 is 15.4 Å². The molecule has 0 spiro atoms. The van der Waals surface area contributed by atoms with E-state index in [2.05, 4.69) is 21.2 Å². The molecule has 0 bridgehead atoms. The molecule has 2 aromatic carbocycles. The first-order valence-electron chi connectivity index (χ1n) is 8.24. The molecule has 142 valence electrons. The summed E-state index contributed by atoms with van der Waals surface area (Å²) in [5.74, 6) is -0.713. The summed E-state index contributed by atoms with van der Waals surface area (Å²) in [6.45, 7) is 1.85. The van der Waals surface area contributed by atoms with Crippen LogP contribution in [0.15, 0.2) is 53.4 Å². The van der Waals surface area contributed by atoms with Crippen LogP contribution >= 0.6 is 15.9 Å². The van der Waals surface area contributed by atoms with Gasteiger partial charge in [-0.1, -0.05) is 53.2 Å². The number of fused-ring (bicyclic) bond motifs is 1. The van der Waals surface area contributed by atoms with Crippen LogP contribution in [-0.2, 0) is 19.6 Å². The molecule has 3 N–H and O–H groups in total. The van der Waals surface area contributed by atoms with E-state index in [0.29, 0.717) is 17.7 Å². The molecule has 1 heterocycles. The number of sulfonamides is 1. The number of nitrogens with two attached hydrogens (primary N) is 1. The number of primary sulfonamides is 1. The summed E-state index contributed by atoms with van der Waals surface area (Å²) in [6, 6.07) is 12.1. The Morgan fingerprint density at radius 3 is 2.52 bits per heavy atom. The van der Waals surface area contributed by atoms with Crippen LogP contribution in [0.25, 0.3) is 0 Å². The first-order chi connectivity index (χ1) is 12.7. The highest BCUT2D eigenvalue weighted by molar-refractivity contribution is 9.10. The number of carbonyl (C=O) groups is 2. The fraction of sp³-hybridized carbons (Fsp3) is 0.222. The normalized spacial score (nSPS) is 17.8. The van der Waals surface area contributed by atoms with Gasteiger partial charge in [-0.05, 0) is 30.2 Å². The fourth-order valence-electron chi connectivity index (χ4n) is 2.97. The zero-order valence-electron chi connectivity index (χ0n) is 14.4. The number of carbonyl (C=O) groups excluding carboxylic acids is 2. The first kappa shape index (κ1) is 19.5. The summed E-state index contributed by atoms with van der Waals surface area (Å²) in [7, 11) is -3.94. The maximum Gasteiger partial charge on any atom is 0.252 e. The van der Waals surface area contributed by atoms with Crippen molar-refractivity contribution in [2.24, 2.45) is 5.14 Å². The van der Waals surface area contributed by atoms with Crippen LogP contribution in [-0.4, -0.2) is 25.1 Å². The van der Waals surface area contributed by atoms with Gasteiger partial charge in [0, 0.05) is 0 Å². The van der Waals surface area contributed by atoms with Crippen molar-refractivity contribution in [3.05, 3.63) is 54.1 Å². The van der Waals surface area contributed by atoms with E-state index in [9.17, 15) is 18.0 Å². The third-order valence-corrected chi connectivity index (χ3v) is 6.25. The van der Waals surface area contributed by atoms with Gasteiger partial charge in [0.2, 0.25) is 15.9 Å². The molecule has 2 amide bonds. The van der Waals surface area contributed by atoms with Crippen LogP contribution in [0.3, 0.4) is 0 Å². The lowest BCUT2D eigenvalue weighted by Gasteiger charge is -2.37. The molecular weight excluding hydrogens is 434 g/mol. The lowest BCUT2D eigenvalue weighted by Crippen LogP contribution is -2.47. The standard InChI is InChI=1S/C18H18BrN3O4S/c1-2-13(19)18(24)22-15-9-8-12(27(20,25)26)10-14(15)21-17(23)16(22)11-6-4-3-5-7-11/h3-10,13,16H,2H2,1H3,(H,21,23)(H2,20,25,26). The summed E-state index contributed by atoms with van der Waals surface area (Å²) < 4.78 is 23.3. The van der Waals surface area contributed by atoms with Crippen LogP contribution in [0.4, 0.5) is 11.4 Å². The molecular formula is C18H18BrN3O4S. The molecule has 9 heteroatoms. The van der Waals surface area contributed by atoms with Gasteiger partial charge >= 0.3 is 0 Å². The minimum atomic E-state index is -3.94. The predicted octanol–water partition coefficient (Wildman–Crippen LogP) is 2.53. The van der Waals surface area contributed by atoms with Gasteiger partial charge in [-0.3, -0.25) is 14.5 Å². The van der Waals surface area contributed by atoms with E-state index >= 15 is 0 Å². The molecule has 0 saturated carbocycles. The average molecular weight is 452 g/mol. The van der Waals surface area contributed by atoms with Crippen molar-refractivity contribution in [1.82, 2.24) is 0 Å². The summed E-state index contributed by atoms with van der Waals surface area (Å²) in [5.41, 5.74) is 1.29. The van der Waals surface area contributed by atoms with E-state index in [1.54, 1.807) is 24.3 Å². The number of anilines is 2. The minimum Gasteiger partial charge on any atom is -0.322 e. The molecule has 1 aliphatic rings. The summed E-state index contributed by atoms with van der Waals surface area (Å²) in [5, 5.41) is 7.87. The second-order valence-corrected chi connectivity index (χ2v) is 8.78. The Balaban J connectivity index is 2.18. The van der Waals surface area contributed by atoms with Crippen molar-refractivity contribution < 1.29 is 18.0 Å². The van der Waals surface area contributed by atoms with Crippen molar-refractivity contribution in [3.8, 4) is 0 Å². The van der Waals surface area contributed by atoms with Crippen LogP contribution in [0.1, 0.15) is 24.9 Å². The van der Waals surface area contributed by atoms with Crippen LogP contribution in [0, 0.1) is 0 Å². The Bertz CT molecular complexity index is 995. The number of hydrogen-bond donors (Lipinski definition) is 2. The Morgan fingerprint density at radius 1 is 1.26 bits per heavy atom. The highest BCUT2D eigenvalue weighted by Gasteiger charge is 2.39. The lowest BCUT2D eigenvalue weighted by molar-refractivity contribution is -0.123. The van der Waals surface area contributed by atoms with Gasteiger partial charge in [-0.2, -0.15) is 0 Å². The van der Waals surface area contributed by atoms with E-state index in [-0.39, 0.29) is 16.5 Å². The van der Waals surface area contributed by atoms with Gasteiger partial charge in [-0.25, -0.2) is 13.6 Å². The molecule has 7 nitrogen and oxygen atoms in total. The number of amides is 2. The minimum absolute atomic E-state index is 0.141. The summed E-state index contributed by atoms with van der Waals surface area (Å²) in [6.07, 6.45) is 0.531. The average Bonchev–Trinajstić information content (AvgIpc) is 2.65. The number of nitrogens with zero attached hydrogens (tertiary/aromatic N) is 1. The van der Waals surface area contributed by atoms with E-state index in [1.807, 2.05) is 13.0 Å². The number of hydrogen-bond acceptors (Lipinski definition) is 4. The second kappa shape index (κ2) is 7.41. The number of halogens is 1. The Hall–Kier alpha value is -2.23. The Labute approximate surface area is 165 Å². The highest BCUT2D eigenvalue weighted by Crippen LogP contribution is 2.40.